The zero-order chi connectivity index (χ0) is 24.9. The summed E-state index contributed by atoms with van der Waals surface area (Å²) in [7, 11) is 0. The number of hydrogen-bond donors (Lipinski definition) is 1. The van der Waals surface area contributed by atoms with Gasteiger partial charge in [0.15, 0.2) is 5.65 Å². The first-order valence-corrected chi connectivity index (χ1v) is 13.2. The molecule has 2 aromatic heterocycles. The summed E-state index contributed by atoms with van der Waals surface area (Å²) >= 11 is 9.99. The maximum absolute atomic E-state index is 12.6. The number of rotatable bonds is 8. The molecule has 7 nitrogen and oxygen atoms in total. The molecule has 0 radical (unpaired) electrons. The van der Waals surface area contributed by atoms with Gasteiger partial charge in [-0.05, 0) is 52.9 Å². The summed E-state index contributed by atoms with van der Waals surface area (Å²) < 4.78 is 8.30. The van der Waals surface area contributed by atoms with Gasteiger partial charge in [0, 0.05) is 36.3 Å². The van der Waals surface area contributed by atoms with Crippen LogP contribution in [-0.2, 0) is 4.79 Å². The van der Waals surface area contributed by atoms with Gasteiger partial charge in [0.2, 0.25) is 5.91 Å². The van der Waals surface area contributed by atoms with Crippen molar-refractivity contribution in [2.24, 2.45) is 5.92 Å². The number of carbonyl (C=O) groups is 1. The lowest BCUT2D eigenvalue weighted by Gasteiger charge is -2.32. The minimum Gasteiger partial charge on any atom is -0.493 e. The van der Waals surface area contributed by atoms with E-state index in [1.165, 1.54) is 0 Å². The van der Waals surface area contributed by atoms with Gasteiger partial charge >= 0.3 is 0 Å². The Morgan fingerprint density at radius 1 is 1.11 bits per heavy atom. The van der Waals surface area contributed by atoms with Gasteiger partial charge in [0.05, 0.1) is 29.4 Å². The Hall–Kier alpha value is -3.10. The fourth-order valence-electron chi connectivity index (χ4n) is 4.44. The van der Waals surface area contributed by atoms with Gasteiger partial charge in [0.25, 0.3) is 0 Å². The van der Waals surface area contributed by atoms with Gasteiger partial charge in [-0.1, -0.05) is 48.0 Å². The third-order valence-corrected chi connectivity index (χ3v) is 7.33. The normalized spacial score (nSPS) is 14.2. The highest BCUT2D eigenvalue weighted by Crippen LogP contribution is 2.30. The first-order valence-electron chi connectivity index (χ1n) is 12.1. The van der Waals surface area contributed by atoms with Gasteiger partial charge in [0.1, 0.15) is 11.6 Å². The van der Waals surface area contributed by atoms with Gasteiger partial charge < -0.3 is 15.0 Å². The molecule has 1 amide bonds. The predicted molar refractivity (Wildman–Crippen MR) is 145 cm³/mol. The highest BCUT2D eigenvalue weighted by Gasteiger charge is 2.23. The molecule has 0 saturated carbocycles. The van der Waals surface area contributed by atoms with E-state index in [-0.39, 0.29) is 5.91 Å². The molecule has 186 valence electrons. The zero-order valence-corrected chi connectivity index (χ0v) is 22.1. The number of hydrogen-bond acceptors (Lipinski definition) is 5. The second-order valence-corrected chi connectivity index (χ2v) is 10.1. The van der Waals surface area contributed by atoms with Crippen LogP contribution in [0.5, 0.6) is 5.75 Å². The van der Waals surface area contributed by atoms with Crippen LogP contribution in [0.4, 0.5) is 5.82 Å². The minimum absolute atomic E-state index is 0.152. The predicted octanol–water partition coefficient (Wildman–Crippen LogP) is 5.93. The van der Waals surface area contributed by atoms with E-state index in [1.54, 1.807) is 10.7 Å². The van der Waals surface area contributed by atoms with Crippen molar-refractivity contribution >= 4 is 44.9 Å². The number of aromatic nitrogens is 3. The van der Waals surface area contributed by atoms with Crippen molar-refractivity contribution in [3.05, 3.63) is 76.4 Å². The first kappa shape index (κ1) is 24.6. The summed E-state index contributed by atoms with van der Waals surface area (Å²) in [4.78, 5) is 19.3. The van der Waals surface area contributed by atoms with Gasteiger partial charge in [-0.3, -0.25) is 4.79 Å². The largest absolute Gasteiger partial charge is 0.493 e. The minimum atomic E-state index is 0.152. The number of piperidine rings is 1. The Morgan fingerprint density at radius 3 is 2.64 bits per heavy atom. The Morgan fingerprint density at radius 2 is 1.86 bits per heavy atom. The van der Waals surface area contributed by atoms with E-state index in [0.717, 1.165) is 65.4 Å². The number of carbonyl (C=O) groups excluding carboxylic acids is 1. The molecule has 2 aromatic carbocycles. The fourth-order valence-corrected chi connectivity index (χ4v) is 5.02. The molecule has 1 N–H and O–H groups in total. The lowest BCUT2D eigenvalue weighted by molar-refractivity contribution is -0.133. The molecule has 9 heteroatoms. The number of amides is 1. The van der Waals surface area contributed by atoms with Crippen LogP contribution in [-0.4, -0.2) is 51.6 Å². The van der Waals surface area contributed by atoms with E-state index < -0.39 is 0 Å². The van der Waals surface area contributed by atoms with E-state index in [9.17, 15) is 4.79 Å². The smallest absolute Gasteiger partial charge is 0.225 e. The third-order valence-electron chi connectivity index (χ3n) is 6.45. The van der Waals surface area contributed by atoms with Crippen LogP contribution in [0.2, 0.25) is 5.02 Å². The second-order valence-electron chi connectivity index (χ2n) is 8.85. The molecule has 0 spiro atoms. The molecule has 0 unspecified atom stereocenters. The lowest BCUT2D eigenvalue weighted by atomic mass is 9.96. The van der Waals surface area contributed by atoms with Crippen molar-refractivity contribution in [2.45, 2.75) is 19.3 Å². The van der Waals surface area contributed by atoms with Crippen LogP contribution in [0, 0.1) is 5.92 Å². The Balaban J connectivity index is 1.17. The van der Waals surface area contributed by atoms with Crippen LogP contribution in [0.15, 0.2) is 71.3 Å². The van der Waals surface area contributed by atoms with Gasteiger partial charge in [-0.25, -0.2) is 4.98 Å². The number of nitrogens with one attached hydrogen (secondary N) is 1. The summed E-state index contributed by atoms with van der Waals surface area (Å²) in [5, 5.41) is 8.70. The number of ether oxygens (including phenoxy) is 1. The summed E-state index contributed by atoms with van der Waals surface area (Å²) in [6.07, 6.45) is 4.04. The van der Waals surface area contributed by atoms with Crippen LogP contribution in [0.1, 0.15) is 19.3 Å². The summed E-state index contributed by atoms with van der Waals surface area (Å²) in [5.41, 5.74) is 2.39. The molecule has 0 atom stereocenters. The van der Waals surface area contributed by atoms with Crippen LogP contribution in [0.3, 0.4) is 0 Å². The summed E-state index contributed by atoms with van der Waals surface area (Å²) in [5.74, 6) is 2.26. The SMILES string of the molecule is O=C(CCOc1ccccc1)N1CCC(CNc2cc(-c3ccccc3Cl)nc3c(Br)cnn23)CC1. The van der Waals surface area contributed by atoms with E-state index in [2.05, 4.69) is 26.3 Å². The highest BCUT2D eigenvalue weighted by atomic mass is 79.9. The van der Waals surface area contributed by atoms with Crippen LogP contribution >= 0.6 is 27.5 Å². The number of para-hydroxylation sites is 1. The average molecular weight is 569 g/mol. The zero-order valence-electron chi connectivity index (χ0n) is 19.7. The Labute approximate surface area is 223 Å². The number of halogens is 2. The molecule has 0 bridgehead atoms. The van der Waals surface area contributed by atoms with Crippen molar-refractivity contribution in [2.75, 3.05) is 31.6 Å². The van der Waals surface area contributed by atoms with Crippen molar-refractivity contribution in [3.8, 4) is 17.0 Å². The highest BCUT2D eigenvalue weighted by molar-refractivity contribution is 9.10. The van der Waals surface area contributed by atoms with Crippen molar-refractivity contribution < 1.29 is 9.53 Å². The van der Waals surface area contributed by atoms with Crippen molar-refractivity contribution in [3.63, 3.8) is 0 Å². The molecule has 0 aliphatic carbocycles. The van der Waals surface area contributed by atoms with Crippen molar-refractivity contribution in [1.82, 2.24) is 19.5 Å². The van der Waals surface area contributed by atoms with Crippen LogP contribution in [0.25, 0.3) is 16.9 Å². The molecule has 5 rings (SSSR count). The molecule has 1 aliphatic heterocycles. The second kappa shape index (κ2) is 11.3. The molecule has 1 fully saturated rings. The van der Waals surface area contributed by atoms with Crippen LogP contribution < -0.4 is 10.1 Å². The van der Waals surface area contributed by atoms with Crippen molar-refractivity contribution in [1.29, 1.82) is 0 Å². The summed E-state index contributed by atoms with van der Waals surface area (Å²) in [6.45, 7) is 2.72. The molecular formula is C27H27BrClN5O2. The third kappa shape index (κ3) is 5.65. The fraction of sp³-hybridized carbons (Fsp3) is 0.296. The maximum atomic E-state index is 12.6. The monoisotopic (exact) mass is 567 g/mol. The van der Waals surface area contributed by atoms with Gasteiger partial charge in [-0.15, -0.1) is 0 Å². The van der Waals surface area contributed by atoms with E-state index >= 15 is 0 Å². The first-order chi connectivity index (χ1) is 17.6. The summed E-state index contributed by atoms with van der Waals surface area (Å²) in [6, 6.07) is 19.3. The van der Waals surface area contributed by atoms with E-state index in [1.807, 2.05) is 65.6 Å². The van der Waals surface area contributed by atoms with Gasteiger partial charge in [-0.2, -0.15) is 9.61 Å². The maximum Gasteiger partial charge on any atom is 0.225 e. The Bertz CT molecular complexity index is 1340. The molecule has 4 aromatic rings. The lowest BCUT2D eigenvalue weighted by Crippen LogP contribution is -2.40. The topological polar surface area (TPSA) is 71.8 Å². The number of anilines is 1. The van der Waals surface area contributed by atoms with E-state index in [4.69, 9.17) is 21.3 Å². The number of likely N-dealkylation sites (tertiary alicyclic amines) is 1. The molecule has 1 saturated heterocycles. The number of benzene rings is 2. The Kier molecular flexibility index (Phi) is 7.72. The van der Waals surface area contributed by atoms with E-state index in [0.29, 0.717) is 24.0 Å². The number of nitrogens with zero attached hydrogens (tertiary/aromatic N) is 4. The average Bonchev–Trinajstić information content (AvgIpc) is 3.29. The molecule has 36 heavy (non-hydrogen) atoms. The number of fused-ring (bicyclic) bond motifs is 1. The molecular weight excluding hydrogens is 542 g/mol. The molecule has 3 heterocycles. The standard InChI is InChI=1S/C27H27BrClN5O2/c28-22-18-31-34-25(16-24(32-27(22)34)21-8-4-5-9-23(21)29)30-17-19-10-13-33(14-11-19)26(35)12-15-36-20-6-2-1-3-7-20/h1-9,16,18-19,30H,10-15,17H2. The quantitative estimate of drug-likeness (QED) is 0.285. The molecule has 1 aliphatic rings.